The second-order valence-corrected chi connectivity index (χ2v) is 7.28. The minimum absolute atomic E-state index is 0.162. The van der Waals surface area contributed by atoms with E-state index in [1.54, 1.807) is 7.11 Å². The molecule has 2 rings (SSSR count). The van der Waals surface area contributed by atoms with Gasteiger partial charge in [0.25, 0.3) is 0 Å². The summed E-state index contributed by atoms with van der Waals surface area (Å²) in [5, 5.41) is 3.55. The van der Waals surface area contributed by atoms with Crippen molar-refractivity contribution in [3.63, 3.8) is 0 Å². The quantitative estimate of drug-likeness (QED) is 0.900. The first kappa shape index (κ1) is 16.3. The zero-order valence-electron chi connectivity index (χ0n) is 14.2. The molecule has 0 aliphatic carbocycles. The van der Waals surface area contributed by atoms with Crippen LogP contribution in [-0.2, 0) is 11.3 Å². The maximum atomic E-state index is 5.29. The molecule has 0 aromatic heterocycles. The number of hydrogen-bond donors (Lipinski definition) is 1. The number of nitrogens with zero attached hydrogens (tertiary/aromatic N) is 1. The summed E-state index contributed by atoms with van der Waals surface area (Å²) in [6, 6.07) is 6.85. The molecule has 1 atom stereocenters. The van der Waals surface area contributed by atoms with Crippen LogP contribution in [0.15, 0.2) is 18.2 Å². The monoisotopic (exact) mass is 290 g/mol. The molecule has 1 fully saturated rings. The Labute approximate surface area is 129 Å². The SMILES string of the molecule is COCC1CCN(c2ccc(CNC(C)(C)C)cc2C)C1. The molecule has 0 radical (unpaired) electrons. The smallest absolute Gasteiger partial charge is 0.0508 e. The zero-order valence-corrected chi connectivity index (χ0v) is 14.2. The molecule has 0 bridgehead atoms. The van der Waals surface area contributed by atoms with E-state index in [1.807, 2.05) is 0 Å². The first-order chi connectivity index (χ1) is 9.89. The molecule has 21 heavy (non-hydrogen) atoms. The van der Waals surface area contributed by atoms with Crippen LogP contribution in [0.3, 0.4) is 0 Å². The predicted molar refractivity (Wildman–Crippen MR) is 90.0 cm³/mol. The van der Waals surface area contributed by atoms with Gasteiger partial charge in [-0.25, -0.2) is 0 Å². The summed E-state index contributed by atoms with van der Waals surface area (Å²) >= 11 is 0. The van der Waals surface area contributed by atoms with Crippen LogP contribution < -0.4 is 10.2 Å². The maximum absolute atomic E-state index is 5.29. The normalized spacial score (nSPS) is 19.3. The minimum Gasteiger partial charge on any atom is -0.384 e. The van der Waals surface area contributed by atoms with Crippen LogP contribution in [0.5, 0.6) is 0 Å². The van der Waals surface area contributed by atoms with Crippen LogP contribution in [-0.4, -0.2) is 32.3 Å². The third-order valence-corrected chi connectivity index (χ3v) is 4.11. The van der Waals surface area contributed by atoms with E-state index in [-0.39, 0.29) is 5.54 Å². The standard InChI is InChI=1S/C18H30N2O/c1-14-10-15(11-19-18(2,3)4)6-7-17(14)20-9-8-16(12-20)13-21-5/h6-7,10,16,19H,8-9,11-13H2,1-5H3. The average molecular weight is 290 g/mol. The maximum Gasteiger partial charge on any atom is 0.0508 e. The molecule has 1 aliphatic rings. The van der Waals surface area contributed by atoms with E-state index in [1.165, 1.54) is 23.2 Å². The highest BCUT2D eigenvalue weighted by Crippen LogP contribution is 2.27. The fraction of sp³-hybridized carbons (Fsp3) is 0.667. The van der Waals surface area contributed by atoms with E-state index >= 15 is 0 Å². The third kappa shape index (κ3) is 4.72. The van der Waals surface area contributed by atoms with Gasteiger partial charge in [0.1, 0.15) is 0 Å². The molecule has 118 valence electrons. The lowest BCUT2D eigenvalue weighted by atomic mass is 10.1. The van der Waals surface area contributed by atoms with Gasteiger partial charge in [-0.1, -0.05) is 12.1 Å². The van der Waals surface area contributed by atoms with E-state index in [4.69, 9.17) is 4.74 Å². The number of methoxy groups -OCH3 is 1. The van der Waals surface area contributed by atoms with Gasteiger partial charge in [0.2, 0.25) is 0 Å². The average Bonchev–Trinajstić information content (AvgIpc) is 2.84. The summed E-state index contributed by atoms with van der Waals surface area (Å²) in [7, 11) is 1.80. The minimum atomic E-state index is 0.162. The Morgan fingerprint density at radius 2 is 2.10 bits per heavy atom. The van der Waals surface area contributed by atoms with Crippen LogP contribution in [0.1, 0.15) is 38.3 Å². The molecule has 1 N–H and O–H groups in total. The van der Waals surface area contributed by atoms with E-state index in [0.717, 1.165) is 26.2 Å². The Hall–Kier alpha value is -1.06. The highest BCUT2D eigenvalue weighted by Gasteiger charge is 2.23. The van der Waals surface area contributed by atoms with Gasteiger partial charge in [-0.3, -0.25) is 0 Å². The van der Waals surface area contributed by atoms with Crippen molar-refractivity contribution in [3.05, 3.63) is 29.3 Å². The number of nitrogens with one attached hydrogen (secondary N) is 1. The van der Waals surface area contributed by atoms with Gasteiger partial charge >= 0.3 is 0 Å². The van der Waals surface area contributed by atoms with Crippen molar-refractivity contribution in [1.82, 2.24) is 5.32 Å². The molecule has 0 saturated carbocycles. The molecule has 1 aromatic rings. The Balaban J connectivity index is 1.99. The van der Waals surface area contributed by atoms with Crippen LogP contribution in [0.25, 0.3) is 0 Å². The number of aryl methyl sites for hydroxylation is 1. The fourth-order valence-corrected chi connectivity index (χ4v) is 2.97. The molecule has 0 spiro atoms. The van der Waals surface area contributed by atoms with Gasteiger partial charge in [-0.15, -0.1) is 0 Å². The van der Waals surface area contributed by atoms with Crippen molar-refractivity contribution < 1.29 is 4.74 Å². The summed E-state index contributed by atoms with van der Waals surface area (Å²) in [5.41, 5.74) is 4.28. The van der Waals surface area contributed by atoms with E-state index in [0.29, 0.717) is 5.92 Å². The lowest BCUT2D eigenvalue weighted by Gasteiger charge is -2.23. The Morgan fingerprint density at radius 3 is 2.71 bits per heavy atom. The summed E-state index contributed by atoms with van der Waals surface area (Å²) in [6.07, 6.45) is 1.24. The summed E-state index contributed by atoms with van der Waals surface area (Å²) in [4.78, 5) is 2.50. The number of hydrogen-bond acceptors (Lipinski definition) is 3. The molecule has 1 heterocycles. The zero-order chi connectivity index (χ0) is 15.5. The van der Waals surface area contributed by atoms with Crippen molar-refractivity contribution >= 4 is 5.69 Å². The van der Waals surface area contributed by atoms with Crippen LogP contribution >= 0.6 is 0 Å². The van der Waals surface area contributed by atoms with Crippen molar-refractivity contribution in [2.45, 2.75) is 46.2 Å². The Morgan fingerprint density at radius 1 is 1.33 bits per heavy atom. The van der Waals surface area contributed by atoms with E-state index in [9.17, 15) is 0 Å². The van der Waals surface area contributed by atoms with E-state index < -0.39 is 0 Å². The van der Waals surface area contributed by atoms with E-state index in [2.05, 4.69) is 56.1 Å². The van der Waals surface area contributed by atoms with Gasteiger partial charge in [0.15, 0.2) is 0 Å². The molecule has 0 amide bonds. The van der Waals surface area contributed by atoms with Gasteiger partial charge in [0.05, 0.1) is 6.61 Å². The van der Waals surface area contributed by atoms with Gasteiger partial charge < -0.3 is 15.0 Å². The first-order valence-electron chi connectivity index (χ1n) is 7.97. The molecule has 1 aromatic carbocycles. The predicted octanol–water partition coefficient (Wildman–Crippen LogP) is 3.36. The first-order valence-corrected chi connectivity index (χ1v) is 7.97. The summed E-state index contributed by atoms with van der Waals surface area (Å²) in [6.45, 7) is 12.9. The van der Waals surface area contributed by atoms with Crippen molar-refractivity contribution in [3.8, 4) is 0 Å². The molecule has 3 nitrogen and oxygen atoms in total. The molecular formula is C18H30N2O. The topological polar surface area (TPSA) is 24.5 Å². The molecule has 1 aliphatic heterocycles. The van der Waals surface area contributed by atoms with Crippen LogP contribution in [0, 0.1) is 12.8 Å². The number of benzene rings is 1. The number of ether oxygens (including phenoxy) is 1. The largest absolute Gasteiger partial charge is 0.384 e. The number of rotatable bonds is 5. The summed E-state index contributed by atoms with van der Waals surface area (Å²) < 4.78 is 5.29. The Bertz CT molecular complexity index is 465. The Kier molecular flexibility index (Phi) is 5.28. The van der Waals surface area contributed by atoms with Crippen molar-refractivity contribution in [2.24, 2.45) is 5.92 Å². The molecular weight excluding hydrogens is 260 g/mol. The highest BCUT2D eigenvalue weighted by atomic mass is 16.5. The number of anilines is 1. The van der Waals surface area contributed by atoms with Crippen LogP contribution in [0.4, 0.5) is 5.69 Å². The second-order valence-electron chi connectivity index (χ2n) is 7.28. The van der Waals surface area contributed by atoms with Gasteiger partial charge in [-0.2, -0.15) is 0 Å². The second kappa shape index (κ2) is 6.80. The van der Waals surface area contributed by atoms with Gasteiger partial charge in [-0.05, 0) is 51.3 Å². The third-order valence-electron chi connectivity index (χ3n) is 4.11. The molecule has 1 saturated heterocycles. The summed E-state index contributed by atoms with van der Waals surface area (Å²) in [5.74, 6) is 0.677. The molecule has 3 heteroatoms. The molecule has 1 unspecified atom stereocenters. The van der Waals surface area contributed by atoms with Gasteiger partial charge in [0, 0.05) is 43.9 Å². The highest BCUT2D eigenvalue weighted by molar-refractivity contribution is 5.55. The van der Waals surface area contributed by atoms with Crippen molar-refractivity contribution in [1.29, 1.82) is 0 Å². The van der Waals surface area contributed by atoms with Crippen LogP contribution in [0.2, 0.25) is 0 Å². The lowest BCUT2D eigenvalue weighted by molar-refractivity contribution is 0.161. The lowest BCUT2D eigenvalue weighted by Crippen LogP contribution is -2.35. The van der Waals surface area contributed by atoms with Crippen molar-refractivity contribution in [2.75, 3.05) is 31.7 Å². The fourth-order valence-electron chi connectivity index (χ4n) is 2.97.